The first kappa shape index (κ1) is 24.9. The van der Waals surface area contributed by atoms with Crippen LogP contribution in [0.5, 0.6) is 0 Å². The van der Waals surface area contributed by atoms with E-state index in [0.717, 1.165) is 24.8 Å². The molecule has 2 aromatic rings. The van der Waals surface area contributed by atoms with E-state index in [0.29, 0.717) is 35.9 Å². The Morgan fingerprint density at radius 1 is 1.15 bits per heavy atom. The van der Waals surface area contributed by atoms with Crippen molar-refractivity contribution in [2.45, 2.75) is 65.0 Å². The van der Waals surface area contributed by atoms with E-state index in [2.05, 4.69) is 20.6 Å². The molecule has 4 N–H and O–H groups in total. The van der Waals surface area contributed by atoms with Crippen LogP contribution >= 0.6 is 0 Å². The lowest BCUT2D eigenvalue weighted by Gasteiger charge is -2.35. The van der Waals surface area contributed by atoms with Gasteiger partial charge in [0, 0.05) is 12.7 Å². The van der Waals surface area contributed by atoms with Crippen LogP contribution in [0.2, 0.25) is 0 Å². The number of nitrogen functional groups attached to an aromatic ring is 1. The number of ether oxygens (including phenoxy) is 1. The van der Waals surface area contributed by atoms with Crippen LogP contribution in [0.4, 0.5) is 22.1 Å². The van der Waals surface area contributed by atoms with Crippen LogP contribution in [-0.4, -0.2) is 44.9 Å². The predicted molar refractivity (Wildman–Crippen MR) is 129 cm³/mol. The first-order valence-electron chi connectivity index (χ1n) is 11.4. The first-order chi connectivity index (χ1) is 16.1. The van der Waals surface area contributed by atoms with Crippen molar-refractivity contribution in [2.75, 3.05) is 22.9 Å². The highest BCUT2D eigenvalue weighted by atomic mass is 16.6. The van der Waals surface area contributed by atoms with Crippen molar-refractivity contribution in [1.82, 2.24) is 14.9 Å². The van der Waals surface area contributed by atoms with Crippen LogP contribution in [0.1, 0.15) is 64.1 Å². The van der Waals surface area contributed by atoms with E-state index in [-0.39, 0.29) is 6.04 Å². The molecule has 10 nitrogen and oxygen atoms in total. The largest absolute Gasteiger partial charge is 0.444 e. The number of hydrogen-bond donors (Lipinski definition) is 3. The number of nitrogens with two attached hydrogens (primary N) is 1. The summed E-state index contributed by atoms with van der Waals surface area (Å²) in [5.74, 6) is -0.616. The molecular weight excluding hydrogens is 436 g/mol. The maximum absolute atomic E-state index is 13.0. The third-order valence-electron chi connectivity index (χ3n) is 5.38. The van der Waals surface area contributed by atoms with E-state index in [1.54, 1.807) is 44.0 Å². The summed E-state index contributed by atoms with van der Waals surface area (Å²) in [6, 6.07) is 4.98. The normalized spacial score (nSPS) is 16.0. The van der Waals surface area contributed by atoms with Crippen molar-refractivity contribution in [1.29, 1.82) is 0 Å². The summed E-state index contributed by atoms with van der Waals surface area (Å²) < 4.78 is 5.27. The van der Waals surface area contributed by atoms with Gasteiger partial charge in [-0.3, -0.25) is 14.9 Å². The third kappa shape index (κ3) is 6.43. The molecule has 2 aromatic heterocycles. The zero-order valence-electron chi connectivity index (χ0n) is 20.1. The lowest BCUT2D eigenvalue weighted by atomic mass is 9.96. The minimum absolute atomic E-state index is 0.232. The number of piperidine rings is 1. The fraction of sp³-hybridized carbons (Fsp3) is 0.458. The summed E-state index contributed by atoms with van der Waals surface area (Å²) in [5.41, 5.74) is 6.95. The Hall–Kier alpha value is -3.69. The van der Waals surface area contributed by atoms with Crippen molar-refractivity contribution >= 4 is 35.2 Å². The lowest BCUT2D eigenvalue weighted by molar-refractivity contribution is -0.145. The highest BCUT2D eigenvalue weighted by molar-refractivity contribution is 6.39. The maximum atomic E-state index is 13.0. The van der Waals surface area contributed by atoms with Gasteiger partial charge in [-0.2, -0.15) is 0 Å². The monoisotopic (exact) mass is 468 g/mol. The number of anilines is 3. The standard InChI is InChI=1S/C24H32N6O4/c1-5-15-12-17(14-27-20(15)29-23(33)34-24(2,3)4)28-21(31)22(32)30-11-7-6-8-18(30)16-9-10-19(25)26-13-16/h9-10,12-14,18H,5-8,11H2,1-4H3,(H2,25,26)(H,28,31)(H,27,29,33)/t18-/m0/s1. The minimum Gasteiger partial charge on any atom is -0.444 e. The minimum atomic E-state index is -0.744. The van der Waals surface area contributed by atoms with Gasteiger partial charge in [-0.1, -0.05) is 13.0 Å². The summed E-state index contributed by atoms with van der Waals surface area (Å²) in [6.07, 6.45) is 5.51. The summed E-state index contributed by atoms with van der Waals surface area (Å²) in [7, 11) is 0. The van der Waals surface area contributed by atoms with Crippen LogP contribution in [0.25, 0.3) is 0 Å². The molecule has 34 heavy (non-hydrogen) atoms. The molecule has 3 heterocycles. The van der Waals surface area contributed by atoms with Crippen LogP contribution < -0.4 is 16.4 Å². The van der Waals surface area contributed by atoms with Crippen LogP contribution in [0.15, 0.2) is 30.6 Å². The first-order valence-corrected chi connectivity index (χ1v) is 11.4. The molecule has 182 valence electrons. The second-order valence-electron chi connectivity index (χ2n) is 9.19. The van der Waals surface area contributed by atoms with E-state index < -0.39 is 23.5 Å². The zero-order chi connectivity index (χ0) is 24.9. The predicted octanol–water partition coefficient (Wildman–Crippen LogP) is 3.66. The van der Waals surface area contributed by atoms with Gasteiger partial charge in [0.25, 0.3) is 0 Å². The zero-order valence-corrected chi connectivity index (χ0v) is 20.1. The molecule has 1 aliphatic rings. The SMILES string of the molecule is CCc1cc(NC(=O)C(=O)N2CCCC[C@H]2c2ccc(N)nc2)cnc1NC(=O)OC(C)(C)C. The Morgan fingerprint density at radius 2 is 1.91 bits per heavy atom. The number of aromatic nitrogens is 2. The smallest absolute Gasteiger partial charge is 0.413 e. The van der Waals surface area contributed by atoms with E-state index in [1.165, 1.54) is 6.20 Å². The van der Waals surface area contributed by atoms with Gasteiger partial charge in [-0.25, -0.2) is 14.8 Å². The second kappa shape index (κ2) is 10.5. The van der Waals surface area contributed by atoms with Gasteiger partial charge in [-0.05, 0) is 69.7 Å². The molecule has 0 spiro atoms. The number of amides is 3. The van der Waals surface area contributed by atoms with Gasteiger partial charge in [-0.15, -0.1) is 0 Å². The van der Waals surface area contributed by atoms with E-state index >= 15 is 0 Å². The molecule has 3 amide bonds. The lowest BCUT2D eigenvalue weighted by Crippen LogP contribution is -2.44. The number of likely N-dealkylation sites (tertiary alicyclic amines) is 1. The fourth-order valence-electron chi connectivity index (χ4n) is 3.81. The molecule has 0 unspecified atom stereocenters. The molecule has 0 saturated carbocycles. The Morgan fingerprint density at radius 3 is 2.56 bits per heavy atom. The number of nitrogens with zero attached hydrogens (tertiary/aromatic N) is 3. The number of nitrogens with one attached hydrogen (secondary N) is 2. The Bertz CT molecular complexity index is 1050. The van der Waals surface area contributed by atoms with Gasteiger partial charge in [0.15, 0.2) is 0 Å². The topological polar surface area (TPSA) is 140 Å². The van der Waals surface area contributed by atoms with Crippen LogP contribution in [-0.2, 0) is 20.7 Å². The highest BCUT2D eigenvalue weighted by Crippen LogP contribution is 2.31. The van der Waals surface area contributed by atoms with E-state index in [4.69, 9.17) is 10.5 Å². The molecule has 0 aliphatic carbocycles. The highest BCUT2D eigenvalue weighted by Gasteiger charge is 2.32. The van der Waals surface area contributed by atoms with Gasteiger partial charge in [0.1, 0.15) is 17.2 Å². The van der Waals surface area contributed by atoms with Crippen LogP contribution in [0.3, 0.4) is 0 Å². The number of pyridine rings is 2. The molecule has 1 atom stereocenters. The summed E-state index contributed by atoms with van der Waals surface area (Å²) in [4.78, 5) is 47.9. The molecule has 0 bridgehead atoms. The van der Waals surface area contributed by atoms with E-state index in [9.17, 15) is 14.4 Å². The molecule has 3 rings (SSSR count). The number of hydrogen-bond acceptors (Lipinski definition) is 7. The van der Waals surface area contributed by atoms with Crippen molar-refractivity contribution in [2.24, 2.45) is 0 Å². The molecule has 0 radical (unpaired) electrons. The van der Waals surface area contributed by atoms with Gasteiger partial charge in [0.2, 0.25) is 0 Å². The fourth-order valence-corrected chi connectivity index (χ4v) is 3.81. The Kier molecular flexibility index (Phi) is 7.70. The quantitative estimate of drug-likeness (QED) is 0.582. The van der Waals surface area contributed by atoms with E-state index in [1.807, 2.05) is 13.0 Å². The number of aryl methyl sites for hydroxylation is 1. The van der Waals surface area contributed by atoms with Gasteiger partial charge < -0.3 is 20.7 Å². The molecule has 1 saturated heterocycles. The average molecular weight is 469 g/mol. The van der Waals surface area contributed by atoms with Crippen molar-refractivity contribution in [3.8, 4) is 0 Å². The maximum Gasteiger partial charge on any atom is 0.413 e. The number of carbonyl (C=O) groups is 3. The van der Waals surface area contributed by atoms with Crippen molar-refractivity contribution in [3.63, 3.8) is 0 Å². The Labute approximate surface area is 199 Å². The molecule has 1 fully saturated rings. The summed E-state index contributed by atoms with van der Waals surface area (Å²) in [5, 5.41) is 5.27. The molecule has 1 aliphatic heterocycles. The van der Waals surface area contributed by atoms with Gasteiger partial charge >= 0.3 is 17.9 Å². The van der Waals surface area contributed by atoms with Gasteiger partial charge in [0.05, 0.1) is 17.9 Å². The number of carbonyl (C=O) groups excluding carboxylic acids is 3. The molecular formula is C24H32N6O4. The molecule has 10 heteroatoms. The number of rotatable bonds is 4. The molecule has 0 aromatic carbocycles. The summed E-state index contributed by atoms with van der Waals surface area (Å²) in [6.45, 7) is 7.69. The summed E-state index contributed by atoms with van der Waals surface area (Å²) >= 11 is 0. The van der Waals surface area contributed by atoms with Crippen molar-refractivity contribution < 1.29 is 19.1 Å². The second-order valence-corrected chi connectivity index (χ2v) is 9.19. The third-order valence-corrected chi connectivity index (χ3v) is 5.38. The average Bonchev–Trinajstić information content (AvgIpc) is 2.78. The van der Waals surface area contributed by atoms with Crippen LogP contribution in [0, 0.1) is 0 Å². The Balaban J connectivity index is 1.70. The van der Waals surface area contributed by atoms with Crippen molar-refractivity contribution in [3.05, 3.63) is 41.7 Å².